The molecule has 0 aliphatic carbocycles. The monoisotopic (exact) mass is 409 g/mol. The number of nitrogens with zero attached hydrogens (tertiary/aromatic N) is 2. The zero-order chi connectivity index (χ0) is 19.8. The number of rotatable bonds is 8. The van der Waals surface area contributed by atoms with Crippen LogP contribution in [0, 0.1) is 0 Å². The highest BCUT2D eigenvalue weighted by atomic mass is 35.5. The summed E-state index contributed by atoms with van der Waals surface area (Å²) < 4.78 is 11.2. The Bertz CT molecular complexity index is 826. The van der Waals surface area contributed by atoms with E-state index in [1.807, 2.05) is 25.1 Å². The Hall–Kier alpha value is -2.44. The van der Waals surface area contributed by atoms with Crippen LogP contribution in [-0.2, 0) is 4.79 Å². The molecular weight excluding hydrogens is 389 g/mol. The van der Waals surface area contributed by atoms with Crippen molar-refractivity contribution in [3.8, 4) is 11.5 Å². The number of halogens is 2. The molecule has 0 aliphatic rings. The second-order valence-electron chi connectivity index (χ2n) is 5.69. The van der Waals surface area contributed by atoms with E-state index in [1.165, 1.54) is 4.90 Å². The van der Waals surface area contributed by atoms with Crippen LogP contribution in [0.5, 0.6) is 11.5 Å². The number of likely N-dealkylation sites (N-methyl/N-ethyl adjacent to an activating group) is 1. The van der Waals surface area contributed by atoms with Crippen molar-refractivity contribution < 1.29 is 14.3 Å². The van der Waals surface area contributed by atoms with Crippen molar-refractivity contribution in [2.45, 2.75) is 6.92 Å². The number of hydrogen-bond donors (Lipinski definition) is 1. The molecule has 0 fully saturated rings. The average molecular weight is 410 g/mol. The summed E-state index contributed by atoms with van der Waals surface area (Å²) in [5.74, 6) is 0.587. The summed E-state index contributed by atoms with van der Waals surface area (Å²) in [6, 6.07) is 10.7. The van der Waals surface area contributed by atoms with Gasteiger partial charge in [0, 0.05) is 14.1 Å². The van der Waals surface area contributed by atoms with Crippen molar-refractivity contribution in [1.82, 2.24) is 4.90 Å². The Balaban J connectivity index is 2.17. The van der Waals surface area contributed by atoms with Gasteiger partial charge in [-0.1, -0.05) is 35.3 Å². The van der Waals surface area contributed by atoms with Gasteiger partial charge in [0.25, 0.3) is 5.91 Å². The number of carbonyl (C=O) groups is 1. The van der Waals surface area contributed by atoms with Crippen LogP contribution in [0.3, 0.4) is 0 Å². The van der Waals surface area contributed by atoms with E-state index < -0.39 is 0 Å². The second kappa shape index (κ2) is 10.0. The van der Waals surface area contributed by atoms with Crippen molar-refractivity contribution in [1.29, 1.82) is 0 Å². The fraction of sp³-hybridized carbons (Fsp3) is 0.263. The van der Waals surface area contributed by atoms with Crippen LogP contribution in [0.4, 0.5) is 5.69 Å². The summed E-state index contributed by atoms with van der Waals surface area (Å²) in [4.78, 5) is 13.2. The molecule has 0 aliphatic heterocycles. The number of hydrogen-bond acceptors (Lipinski definition) is 5. The quantitative estimate of drug-likeness (QED) is 0.521. The lowest BCUT2D eigenvalue weighted by molar-refractivity contribution is -0.130. The molecule has 144 valence electrons. The van der Waals surface area contributed by atoms with Gasteiger partial charge in [-0.3, -0.25) is 10.2 Å². The van der Waals surface area contributed by atoms with E-state index >= 15 is 0 Å². The summed E-state index contributed by atoms with van der Waals surface area (Å²) in [6.45, 7) is 2.14. The molecule has 1 amide bonds. The number of nitrogens with one attached hydrogen (secondary N) is 1. The molecule has 0 aromatic heterocycles. The second-order valence-corrected chi connectivity index (χ2v) is 6.50. The van der Waals surface area contributed by atoms with E-state index in [4.69, 9.17) is 32.7 Å². The average Bonchev–Trinajstić information content (AvgIpc) is 2.62. The number of benzene rings is 2. The maximum absolute atomic E-state index is 11.7. The van der Waals surface area contributed by atoms with Gasteiger partial charge in [-0.15, -0.1) is 0 Å². The van der Waals surface area contributed by atoms with Gasteiger partial charge in [0.15, 0.2) is 18.1 Å². The number of hydrazone groups is 1. The highest BCUT2D eigenvalue weighted by Crippen LogP contribution is 2.36. The number of carbonyl (C=O) groups excluding carboxylic acids is 1. The zero-order valence-electron chi connectivity index (χ0n) is 15.3. The van der Waals surface area contributed by atoms with Gasteiger partial charge < -0.3 is 14.4 Å². The van der Waals surface area contributed by atoms with Gasteiger partial charge in [0.2, 0.25) is 0 Å². The molecule has 27 heavy (non-hydrogen) atoms. The third-order valence-corrected chi connectivity index (χ3v) is 4.05. The van der Waals surface area contributed by atoms with Crippen molar-refractivity contribution in [2.24, 2.45) is 5.10 Å². The van der Waals surface area contributed by atoms with E-state index in [-0.39, 0.29) is 12.5 Å². The molecule has 2 aromatic rings. The van der Waals surface area contributed by atoms with Crippen LogP contribution in [0.1, 0.15) is 12.5 Å². The van der Waals surface area contributed by atoms with E-state index in [9.17, 15) is 4.79 Å². The summed E-state index contributed by atoms with van der Waals surface area (Å²) in [5.41, 5.74) is 4.26. The topological polar surface area (TPSA) is 63.2 Å². The molecule has 0 unspecified atom stereocenters. The van der Waals surface area contributed by atoms with Gasteiger partial charge in [0.1, 0.15) is 0 Å². The minimum absolute atomic E-state index is 0.131. The van der Waals surface area contributed by atoms with Crippen LogP contribution in [0.15, 0.2) is 41.5 Å². The predicted molar refractivity (Wildman–Crippen MR) is 109 cm³/mol. The Kier molecular flexibility index (Phi) is 7.76. The Morgan fingerprint density at radius 3 is 2.59 bits per heavy atom. The fourth-order valence-corrected chi connectivity index (χ4v) is 2.51. The standard InChI is InChI=1S/C19H21Cl2N3O3/c1-4-26-17-10-13(11-22-23-16-8-6-5-7-14(16)20)9-15(21)19(17)27-12-18(25)24(2)3/h5-11,23H,4,12H2,1-3H3/b22-11-. The first-order chi connectivity index (χ1) is 12.9. The van der Waals surface area contributed by atoms with Crippen molar-refractivity contribution in [3.05, 3.63) is 52.0 Å². The van der Waals surface area contributed by atoms with Gasteiger partial charge in [0.05, 0.1) is 28.6 Å². The van der Waals surface area contributed by atoms with Crippen LogP contribution >= 0.6 is 23.2 Å². The minimum Gasteiger partial charge on any atom is -0.490 e. The number of anilines is 1. The molecule has 0 spiro atoms. The molecule has 1 N–H and O–H groups in total. The Labute approximate surface area is 168 Å². The molecule has 2 rings (SSSR count). The van der Waals surface area contributed by atoms with Crippen molar-refractivity contribution in [3.63, 3.8) is 0 Å². The largest absolute Gasteiger partial charge is 0.490 e. The molecule has 0 radical (unpaired) electrons. The number of para-hydroxylation sites is 1. The van der Waals surface area contributed by atoms with Crippen molar-refractivity contribution >= 4 is 41.0 Å². The fourth-order valence-electron chi connectivity index (χ4n) is 2.06. The lowest BCUT2D eigenvalue weighted by Crippen LogP contribution is -2.27. The predicted octanol–water partition coefficient (Wildman–Crippen LogP) is 4.31. The summed E-state index contributed by atoms with van der Waals surface area (Å²) in [6.07, 6.45) is 1.59. The highest BCUT2D eigenvalue weighted by molar-refractivity contribution is 6.33. The Morgan fingerprint density at radius 1 is 1.19 bits per heavy atom. The molecule has 0 saturated heterocycles. The molecule has 8 heteroatoms. The van der Waals surface area contributed by atoms with Crippen LogP contribution in [0.25, 0.3) is 0 Å². The lowest BCUT2D eigenvalue weighted by Gasteiger charge is -2.16. The van der Waals surface area contributed by atoms with Crippen LogP contribution in [-0.4, -0.2) is 44.3 Å². The summed E-state index contributed by atoms with van der Waals surface area (Å²) in [7, 11) is 3.31. The maximum atomic E-state index is 11.7. The smallest absolute Gasteiger partial charge is 0.259 e. The van der Waals surface area contributed by atoms with E-state index in [1.54, 1.807) is 38.5 Å². The van der Waals surface area contributed by atoms with E-state index in [0.717, 1.165) is 0 Å². The third-order valence-electron chi connectivity index (χ3n) is 3.44. The van der Waals surface area contributed by atoms with Gasteiger partial charge in [-0.05, 0) is 36.8 Å². The van der Waals surface area contributed by atoms with Gasteiger partial charge >= 0.3 is 0 Å². The first-order valence-electron chi connectivity index (χ1n) is 8.25. The lowest BCUT2D eigenvalue weighted by atomic mass is 10.2. The SMILES string of the molecule is CCOc1cc(/C=N\Nc2ccccc2Cl)cc(Cl)c1OCC(=O)N(C)C. The zero-order valence-corrected chi connectivity index (χ0v) is 16.8. The van der Waals surface area contributed by atoms with Gasteiger partial charge in [-0.25, -0.2) is 0 Å². The molecule has 0 heterocycles. The normalized spacial score (nSPS) is 10.7. The summed E-state index contributed by atoms with van der Waals surface area (Å²) >= 11 is 12.4. The molecule has 0 atom stereocenters. The first-order valence-corrected chi connectivity index (χ1v) is 9.00. The van der Waals surface area contributed by atoms with E-state index in [2.05, 4.69) is 10.5 Å². The molecular formula is C19H21Cl2N3O3. The summed E-state index contributed by atoms with van der Waals surface area (Å²) in [5, 5.41) is 5.06. The maximum Gasteiger partial charge on any atom is 0.259 e. The first kappa shape index (κ1) is 20.9. The van der Waals surface area contributed by atoms with Gasteiger partial charge in [-0.2, -0.15) is 5.10 Å². The van der Waals surface area contributed by atoms with Crippen LogP contribution < -0.4 is 14.9 Å². The third kappa shape index (κ3) is 6.05. The minimum atomic E-state index is -0.178. The number of amides is 1. The molecule has 6 nitrogen and oxygen atoms in total. The van der Waals surface area contributed by atoms with E-state index in [0.29, 0.717) is 39.4 Å². The molecule has 0 saturated carbocycles. The highest BCUT2D eigenvalue weighted by Gasteiger charge is 2.14. The molecule has 0 bridgehead atoms. The Morgan fingerprint density at radius 2 is 1.93 bits per heavy atom. The number of ether oxygens (including phenoxy) is 2. The molecule has 2 aromatic carbocycles. The van der Waals surface area contributed by atoms with Crippen molar-refractivity contribution in [2.75, 3.05) is 32.7 Å². The van der Waals surface area contributed by atoms with Crippen LogP contribution in [0.2, 0.25) is 10.0 Å².